The highest BCUT2D eigenvalue weighted by Gasteiger charge is 2.12. The van der Waals surface area contributed by atoms with E-state index in [1.807, 2.05) is 0 Å². The molecule has 2 aromatic rings. The summed E-state index contributed by atoms with van der Waals surface area (Å²) in [6.45, 7) is 0. The van der Waals surface area contributed by atoms with Gasteiger partial charge in [0.25, 0.3) is 0 Å². The summed E-state index contributed by atoms with van der Waals surface area (Å²) in [5, 5.41) is 38.8. The van der Waals surface area contributed by atoms with E-state index in [0.29, 0.717) is 16.6 Å². The summed E-state index contributed by atoms with van der Waals surface area (Å²) < 4.78 is 0. The van der Waals surface area contributed by atoms with Crippen LogP contribution in [0.25, 0.3) is 10.9 Å². The number of nitrogens with zero attached hydrogens (tertiary/aromatic N) is 3. The molecule has 0 radical (unpaired) electrons. The Morgan fingerprint density at radius 3 is 2.48 bits per heavy atom. The molecule has 0 fully saturated rings. The van der Waals surface area contributed by atoms with Crippen LogP contribution in [-0.2, 0) is 0 Å². The zero-order chi connectivity index (χ0) is 15.4. The molecule has 3 N–H and O–H groups in total. The highest BCUT2D eigenvalue weighted by Crippen LogP contribution is 2.25. The molecule has 2 rings (SSSR count). The number of nitrogens with one attached hydrogen (secondary N) is 2. The lowest BCUT2D eigenvalue weighted by Crippen LogP contribution is -2.00. The van der Waals surface area contributed by atoms with Gasteiger partial charge in [-0.3, -0.25) is 0 Å². The minimum atomic E-state index is -1.11. The van der Waals surface area contributed by atoms with Gasteiger partial charge in [-0.15, -0.1) is 0 Å². The lowest BCUT2D eigenvalue weighted by atomic mass is 10.2. The maximum absolute atomic E-state index is 11.0. The van der Waals surface area contributed by atoms with Crippen LogP contribution in [0, 0.1) is 34.0 Å². The molecule has 0 saturated carbocycles. The van der Waals surface area contributed by atoms with Gasteiger partial charge in [0.15, 0.2) is 5.57 Å². The summed E-state index contributed by atoms with van der Waals surface area (Å²) in [4.78, 5) is 13.7. The van der Waals surface area contributed by atoms with Gasteiger partial charge in [-0.05, 0) is 18.2 Å². The van der Waals surface area contributed by atoms with Crippen molar-refractivity contribution in [2.75, 3.05) is 5.32 Å². The monoisotopic (exact) mass is 277 g/mol. The second-order valence-corrected chi connectivity index (χ2v) is 3.97. The number of rotatable bonds is 3. The van der Waals surface area contributed by atoms with E-state index in [1.54, 1.807) is 36.4 Å². The number of carboxylic acid groups (broad SMARTS) is 1. The molecule has 0 spiro atoms. The Balaban J connectivity index is 2.56. The molecule has 1 aromatic carbocycles. The number of H-pyrrole nitrogens is 1. The molecular weight excluding hydrogens is 270 g/mol. The minimum Gasteiger partial charge on any atom is -0.477 e. The molecular formula is C14H7N5O2. The fraction of sp³-hybridized carbons (Fsp3) is 0. The summed E-state index contributed by atoms with van der Waals surface area (Å²) in [6.07, 6.45) is 0. The number of allylic oxidation sites excluding steroid dienone is 2. The highest BCUT2D eigenvalue weighted by atomic mass is 16.4. The Bertz CT molecular complexity index is 871. The lowest BCUT2D eigenvalue weighted by Gasteiger charge is -2.05. The van der Waals surface area contributed by atoms with Gasteiger partial charge in [-0.1, -0.05) is 6.07 Å². The maximum Gasteiger partial charge on any atom is 0.352 e. The number of aromatic nitrogens is 1. The third-order valence-corrected chi connectivity index (χ3v) is 2.74. The van der Waals surface area contributed by atoms with Crippen molar-refractivity contribution in [2.45, 2.75) is 0 Å². The fourth-order valence-electron chi connectivity index (χ4n) is 1.80. The van der Waals surface area contributed by atoms with Crippen LogP contribution < -0.4 is 5.32 Å². The predicted molar refractivity (Wildman–Crippen MR) is 72.7 cm³/mol. The van der Waals surface area contributed by atoms with Crippen LogP contribution in [0.2, 0.25) is 0 Å². The summed E-state index contributed by atoms with van der Waals surface area (Å²) >= 11 is 0. The van der Waals surface area contributed by atoms with Crippen molar-refractivity contribution in [3.8, 4) is 18.2 Å². The van der Waals surface area contributed by atoms with Gasteiger partial charge in [0, 0.05) is 16.6 Å². The van der Waals surface area contributed by atoms with E-state index in [4.69, 9.17) is 20.9 Å². The van der Waals surface area contributed by atoms with Gasteiger partial charge in [0.1, 0.15) is 29.6 Å². The first-order chi connectivity index (χ1) is 10.1. The first kappa shape index (κ1) is 13.7. The molecule has 7 heteroatoms. The molecule has 0 aliphatic heterocycles. The number of aromatic amines is 1. The van der Waals surface area contributed by atoms with E-state index in [9.17, 15) is 4.79 Å². The number of fused-ring (bicyclic) bond motifs is 1. The van der Waals surface area contributed by atoms with Crippen molar-refractivity contribution in [1.29, 1.82) is 15.8 Å². The topological polar surface area (TPSA) is 136 Å². The van der Waals surface area contributed by atoms with Gasteiger partial charge < -0.3 is 15.4 Å². The number of carboxylic acids is 1. The van der Waals surface area contributed by atoms with Gasteiger partial charge >= 0.3 is 5.97 Å². The Labute approximate surface area is 119 Å². The first-order valence-electron chi connectivity index (χ1n) is 5.67. The average Bonchev–Trinajstić information content (AvgIpc) is 2.92. The number of nitriles is 3. The Kier molecular flexibility index (Phi) is 3.57. The lowest BCUT2D eigenvalue weighted by molar-refractivity contribution is 0.0691. The van der Waals surface area contributed by atoms with Gasteiger partial charge in [-0.2, -0.15) is 15.8 Å². The van der Waals surface area contributed by atoms with Crippen molar-refractivity contribution < 1.29 is 9.90 Å². The SMILES string of the molecule is N#CC(C#N)=C(C#N)Nc1cccc2[nH]c(C(=O)O)cc12. The van der Waals surface area contributed by atoms with Gasteiger partial charge in [0.2, 0.25) is 0 Å². The van der Waals surface area contributed by atoms with E-state index in [1.165, 1.54) is 6.07 Å². The number of benzene rings is 1. The van der Waals surface area contributed by atoms with Gasteiger partial charge in [0.05, 0.1) is 0 Å². The molecule has 0 bridgehead atoms. The normalized spacial score (nSPS) is 9.19. The molecule has 0 unspecified atom stereocenters. The molecule has 0 saturated heterocycles. The van der Waals surface area contributed by atoms with E-state index >= 15 is 0 Å². The fourth-order valence-corrected chi connectivity index (χ4v) is 1.80. The van der Waals surface area contributed by atoms with Gasteiger partial charge in [-0.25, -0.2) is 4.79 Å². The number of carbonyl (C=O) groups is 1. The van der Waals surface area contributed by atoms with Crippen LogP contribution in [0.1, 0.15) is 10.5 Å². The third-order valence-electron chi connectivity index (χ3n) is 2.74. The summed E-state index contributed by atoms with van der Waals surface area (Å²) in [6, 6.07) is 11.4. The first-order valence-corrected chi connectivity index (χ1v) is 5.67. The Hall–Kier alpha value is -3.76. The van der Waals surface area contributed by atoms with E-state index in [2.05, 4.69) is 10.3 Å². The van der Waals surface area contributed by atoms with Crippen molar-refractivity contribution in [3.05, 3.63) is 41.2 Å². The molecule has 100 valence electrons. The standard InChI is InChI=1S/C14H7N5O2/c15-5-8(6-16)13(7-17)19-11-3-1-2-10-9(11)4-12(18-10)14(20)21/h1-4,18-19H,(H,20,21). The molecule has 0 atom stereocenters. The zero-order valence-electron chi connectivity index (χ0n) is 10.5. The molecule has 0 aliphatic carbocycles. The van der Waals surface area contributed by atoms with E-state index < -0.39 is 5.97 Å². The predicted octanol–water partition coefficient (Wildman–Crippen LogP) is 2.10. The summed E-state index contributed by atoms with van der Waals surface area (Å²) in [5.74, 6) is -1.11. The van der Waals surface area contributed by atoms with Crippen LogP contribution in [0.4, 0.5) is 5.69 Å². The second kappa shape index (κ2) is 5.48. The number of anilines is 1. The Morgan fingerprint density at radius 2 is 1.90 bits per heavy atom. The molecule has 0 aliphatic rings. The second-order valence-electron chi connectivity index (χ2n) is 3.97. The van der Waals surface area contributed by atoms with Crippen LogP contribution in [0.3, 0.4) is 0 Å². The number of hydrogen-bond donors (Lipinski definition) is 3. The van der Waals surface area contributed by atoms with Crippen LogP contribution in [0.5, 0.6) is 0 Å². The summed E-state index contributed by atoms with van der Waals surface area (Å²) in [5.41, 5.74) is 0.456. The van der Waals surface area contributed by atoms with Crippen molar-refractivity contribution in [2.24, 2.45) is 0 Å². The highest BCUT2D eigenvalue weighted by molar-refractivity contribution is 5.99. The smallest absolute Gasteiger partial charge is 0.352 e. The minimum absolute atomic E-state index is 0.00234. The quantitative estimate of drug-likeness (QED) is 0.735. The van der Waals surface area contributed by atoms with Crippen molar-refractivity contribution >= 4 is 22.6 Å². The number of hydrogen-bond acceptors (Lipinski definition) is 5. The zero-order valence-corrected chi connectivity index (χ0v) is 10.5. The average molecular weight is 277 g/mol. The van der Waals surface area contributed by atoms with E-state index in [0.717, 1.165) is 0 Å². The van der Waals surface area contributed by atoms with Crippen molar-refractivity contribution in [1.82, 2.24) is 4.98 Å². The maximum atomic E-state index is 11.0. The molecule has 7 nitrogen and oxygen atoms in total. The molecule has 1 heterocycles. The molecule has 21 heavy (non-hydrogen) atoms. The van der Waals surface area contributed by atoms with Crippen LogP contribution >= 0.6 is 0 Å². The third kappa shape index (κ3) is 2.51. The molecule has 1 aromatic heterocycles. The van der Waals surface area contributed by atoms with E-state index in [-0.39, 0.29) is 17.0 Å². The van der Waals surface area contributed by atoms with Crippen molar-refractivity contribution in [3.63, 3.8) is 0 Å². The Morgan fingerprint density at radius 1 is 1.19 bits per heavy atom. The largest absolute Gasteiger partial charge is 0.477 e. The number of aromatic carboxylic acids is 1. The van der Waals surface area contributed by atoms with Crippen LogP contribution in [-0.4, -0.2) is 16.1 Å². The van der Waals surface area contributed by atoms with Crippen LogP contribution in [0.15, 0.2) is 35.5 Å². The molecule has 0 amide bonds. The summed E-state index contributed by atoms with van der Waals surface area (Å²) in [7, 11) is 0.